The number of aryl methyl sites for hydroxylation is 1. The average Bonchev–Trinajstić information content (AvgIpc) is 2.75. The highest BCUT2D eigenvalue weighted by atomic mass is 14.7. The van der Waals surface area contributed by atoms with E-state index in [0.717, 1.165) is 29.5 Å². The first-order valence-electron chi connectivity index (χ1n) is 11.4. The molecule has 0 radical (unpaired) electrons. The van der Waals surface area contributed by atoms with E-state index in [9.17, 15) is 0 Å². The normalized spacial score (nSPS) is 19.1. The summed E-state index contributed by atoms with van der Waals surface area (Å²) in [7, 11) is 0. The van der Waals surface area contributed by atoms with E-state index in [1.165, 1.54) is 68.9 Å². The van der Waals surface area contributed by atoms with Crippen molar-refractivity contribution in [2.75, 3.05) is 0 Å². The third-order valence-electron chi connectivity index (χ3n) is 6.15. The maximum atomic E-state index is 4.51. The summed E-state index contributed by atoms with van der Waals surface area (Å²) in [5, 5.41) is 0. The predicted molar refractivity (Wildman–Crippen MR) is 119 cm³/mol. The summed E-state index contributed by atoms with van der Waals surface area (Å²) in [6.07, 6.45) is 15.2. The molecule has 148 valence electrons. The lowest BCUT2D eigenvalue weighted by atomic mass is 9.77. The predicted octanol–water partition coefficient (Wildman–Crippen LogP) is 7.29. The van der Waals surface area contributed by atoms with Crippen molar-refractivity contribution in [3.8, 4) is 11.8 Å². The second-order valence-electron chi connectivity index (χ2n) is 8.39. The van der Waals surface area contributed by atoms with Crippen molar-refractivity contribution in [1.82, 2.24) is 4.98 Å². The van der Waals surface area contributed by atoms with Gasteiger partial charge in [-0.3, -0.25) is 0 Å². The van der Waals surface area contributed by atoms with Gasteiger partial charge in [0.2, 0.25) is 0 Å². The summed E-state index contributed by atoms with van der Waals surface area (Å²) in [6.45, 7) is 4.55. The van der Waals surface area contributed by atoms with Crippen LogP contribution in [0.15, 0.2) is 42.6 Å². The van der Waals surface area contributed by atoms with Crippen LogP contribution in [-0.4, -0.2) is 4.98 Å². The van der Waals surface area contributed by atoms with E-state index in [4.69, 9.17) is 0 Å². The van der Waals surface area contributed by atoms with Crippen molar-refractivity contribution < 1.29 is 0 Å². The van der Waals surface area contributed by atoms with Gasteiger partial charge >= 0.3 is 0 Å². The third-order valence-corrected chi connectivity index (χ3v) is 6.15. The Morgan fingerprint density at radius 1 is 0.857 bits per heavy atom. The zero-order valence-electron chi connectivity index (χ0n) is 17.7. The lowest BCUT2D eigenvalue weighted by molar-refractivity contribution is 0.308. The minimum absolute atomic E-state index is 0.747. The van der Waals surface area contributed by atoms with E-state index < -0.39 is 0 Å². The van der Waals surface area contributed by atoms with E-state index in [1.54, 1.807) is 0 Å². The molecule has 0 bridgehead atoms. The van der Waals surface area contributed by atoms with E-state index >= 15 is 0 Å². The van der Waals surface area contributed by atoms with Gasteiger partial charge in [0, 0.05) is 11.8 Å². The number of nitrogens with zero attached hydrogens (tertiary/aromatic N) is 1. The fourth-order valence-electron chi connectivity index (χ4n) is 4.39. The minimum atomic E-state index is 0.747. The minimum Gasteiger partial charge on any atom is -0.248 e. The van der Waals surface area contributed by atoms with Gasteiger partial charge in [-0.2, -0.15) is 0 Å². The van der Waals surface area contributed by atoms with Gasteiger partial charge in [-0.1, -0.05) is 63.7 Å². The molecule has 0 N–H and O–H groups in total. The van der Waals surface area contributed by atoms with Crippen LogP contribution < -0.4 is 0 Å². The molecule has 0 saturated heterocycles. The van der Waals surface area contributed by atoms with Gasteiger partial charge in [-0.15, -0.1) is 0 Å². The van der Waals surface area contributed by atoms with Gasteiger partial charge in [-0.05, 0) is 85.6 Å². The summed E-state index contributed by atoms with van der Waals surface area (Å²) < 4.78 is 0. The number of benzene rings is 1. The topological polar surface area (TPSA) is 12.9 Å². The van der Waals surface area contributed by atoms with Crippen molar-refractivity contribution >= 4 is 0 Å². The Morgan fingerprint density at radius 2 is 1.64 bits per heavy atom. The van der Waals surface area contributed by atoms with Gasteiger partial charge in [0.1, 0.15) is 5.69 Å². The van der Waals surface area contributed by atoms with Crippen molar-refractivity contribution in [2.24, 2.45) is 5.92 Å². The van der Waals surface area contributed by atoms with Gasteiger partial charge in [0.25, 0.3) is 0 Å². The Hall–Kier alpha value is -2.07. The lowest BCUT2D eigenvalue weighted by Crippen LogP contribution is -2.13. The molecule has 1 aromatic carbocycles. The lowest BCUT2D eigenvalue weighted by Gasteiger charge is -2.28. The van der Waals surface area contributed by atoms with Crippen molar-refractivity contribution in [3.05, 3.63) is 65.0 Å². The molecule has 1 nitrogen and oxygen atoms in total. The molecular weight excluding hydrogens is 338 g/mol. The van der Waals surface area contributed by atoms with Crippen LogP contribution in [-0.2, 0) is 6.42 Å². The van der Waals surface area contributed by atoms with Gasteiger partial charge in [0.15, 0.2) is 0 Å². The Bertz CT molecular complexity index is 753. The van der Waals surface area contributed by atoms with Crippen molar-refractivity contribution in [1.29, 1.82) is 0 Å². The molecule has 0 aliphatic heterocycles. The van der Waals surface area contributed by atoms with Gasteiger partial charge in [-0.25, -0.2) is 4.98 Å². The summed E-state index contributed by atoms with van der Waals surface area (Å²) in [5.74, 6) is 8.20. The Labute approximate surface area is 172 Å². The molecule has 1 aliphatic carbocycles. The monoisotopic (exact) mass is 373 g/mol. The molecule has 1 saturated carbocycles. The number of hydrogen-bond donors (Lipinski definition) is 0. The molecule has 1 heteroatoms. The van der Waals surface area contributed by atoms with Crippen LogP contribution in [0, 0.1) is 17.8 Å². The summed E-state index contributed by atoms with van der Waals surface area (Å²) in [5.41, 5.74) is 4.75. The van der Waals surface area contributed by atoms with E-state index in [1.807, 2.05) is 6.20 Å². The molecule has 0 atom stereocenters. The highest BCUT2D eigenvalue weighted by Gasteiger charge is 2.21. The Kier molecular flexibility index (Phi) is 8.16. The SMILES string of the molecule is CCCCCc1ccc(C#Cc2ccc([C@H]3CC[C@H](CCC)CC3)cc2)nc1. The fourth-order valence-corrected chi connectivity index (χ4v) is 4.39. The maximum absolute atomic E-state index is 4.51. The highest BCUT2D eigenvalue weighted by Crippen LogP contribution is 2.37. The zero-order chi connectivity index (χ0) is 19.6. The van der Waals surface area contributed by atoms with Crippen LogP contribution in [0.25, 0.3) is 0 Å². The second-order valence-corrected chi connectivity index (χ2v) is 8.39. The quantitative estimate of drug-likeness (QED) is 0.367. The summed E-state index contributed by atoms with van der Waals surface area (Å²) in [4.78, 5) is 4.51. The molecule has 0 spiro atoms. The number of unbranched alkanes of at least 4 members (excludes halogenated alkanes) is 2. The second kappa shape index (κ2) is 11.1. The van der Waals surface area contributed by atoms with Crippen LogP contribution in [0.1, 0.15) is 99.9 Å². The first-order chi connectivity index (χ1) is 13.8. The van der Waals surface area contributed by atoms with Crippen LogP contribution in [0.2, 0.25) is 0 Å². The molecule has 2 aromatic rings. The average molecular weight is 374 g/mol. The van der Waals surface area contributed by atoms with Gasteiger partial charge < -0.3 is 0 Å². The Balaban J connectivity index is 1.53. The van der Waals surface area contributed by atoms with Crippen LogP contribution in [0.4, 0.5) is 0 Å². The molecule has 1 fully saturated rings. The molecule has 1 aliphatic rings. The summed E-state index contributed by atoms with van der Waals surface area (Å²) in [6, 6.07) is 13.2. The largest absolute Gasteiger partial charge is 0.248 e. The Morgan fingerprint density at radius 3 is 2.29 bits per heavy atom. The smallest absolute Gasteiger partial charge is 0.113 e. The number of aromatic nitrogens is 1. The maximum Gasteiger partial charge on any atom is 0.113 e. The molecule has 0 unspecified atom stereocenters. The number of rotatable bonds is 7. The highest BCUT2D eigenvalue weighted by molar-refractivity contribution is 5.41. The van der Waals surface area contributed by atoms with Crippen LogP contribution >= 0.6 is 0 Å². The molecular formula is C27H35N. The van der Waals surface area contributed by atoms with E-state index in [0.29, 0.717) is 0 Å². The standard InChI is InChI=1S/C27H35N/c1-3-5-6-8-24-14-20-27(28-21-24)19-13-23-11-17-26(18-12-23)25-15-9-22(7-4-2)10-16-25/h11-12,14,17-18,20-22,25H,3-10,15-16H2,1-2H3/t22-,25-. The van der Waals surface area contributed by atoms with Crippen molar-refractivity contribution in [2.45, 2.75) is 84.0 Å². The molecule has 0 amide bonds. The van der Waals surface area contributed by atoms with E-state index in [2.05, 4.69) is 67.1 Å². The molecule has 1 aromatic heterocycles. The molecule has 28 heavy (non-hydrogen) atoms. The first kappa shape index (κ1) is 20.7. The number of pyridine rings is 1. The third kappa shape index (κ3) is 6.23. The van der Waals surface area contributed by atoms with E-state index in [-0.39, 0.29) is 0 Å². The van der Waals surface area contributed by atoms with Crippen LogP contribution in [0.3, 0.4) is 0 Å². The molecule has 3 rings (SSSR count). The first-order valence-corrected chi connectivity index (χ1v) is 11.4. The van der Waals surface area contributed by atoms with Crippen LogP contribution in [0.5, 0.6) is 0 Å². The van der Waals surface area contributed by atoms with Gasteiger partial charge in [0.05, 0.1) is 0 Å². The fraction of sp³-hybridized carbons (Fsp3) is 0.519. The number of hydrogen-bond acceptors (Lipinski definition) is 1. The molecule has 1 heterocycles. The van der Waals surface area contributed by atoms with Crippen molar-refractivity contribution in [3.63, 3.8) is 0 Å². The zero-order valence-corrected chi connectivity index (χ0v) is 17.7. The summed E-state index contributed by atoms with van der Waals surface area (Å²) >= 11 is 0.